The lowest BCUT2D eigenvalue weighted by Crippen LogP contribution is -2.28. The summed E-state index contributed by atoms with van der Waals surface area (Å²) in [5, 5.41) is 7.04. The molecular weight excluding hydrogens is 696 g/mol. The number of hydrogen-bond donors (Lipinski definition) is 2. The van der Waals surface area contributed by atoms with E-state index in [1.165, 1.54) is 6.07 Å². The lowest BCUT2D eigenvalue weighted by molar-refractivity contribution is -0.137. The van der Waals surface area contributed by atoms with Gasteiger partial charge in [-0.05, 0) is 76.6 Å². The minimum atomic E-state index is -4.69. The zero-order valence-corrected chi connectivity index (χ0v) is 28.8. The summed E-state index contributed by atoms with van der Waals surface area (Å²) in [4.78, 5) is 12.5. The Kier molecular flexibility index (Phi) is 10.6. The molecule has 262 valence electrons. The molecule has 5 aromatic rings. The van der Waals surface area contributed by atoms with Crippen molar-refractivity contribution >= 4 is 27.6 Å². The maximum atomic E-state index is 14.9. The molecule has 1 atom stereocenters. The lowest BCUT2D eigenvalue weighted by atomic mass is 9.83. The second-order valence-corrected chi connectivity index (χ2v) is 14.9. The normalized spacial score (nSPS) is 12.9. The van der Waals surface area contributed by atoms with E-state index in [2.05, 4.69) is 31.2 Å². The summed E-state index contributed by atoms with van der Waals surface area (Å²) >= 11 is 6.38. The van der Waals surface area contributed by atoms with Gasteiger partial charge < -0.3 is 9.84 Å². The first-order chi connectivity index (χ1) is 23.4. The molecule has 1 amide bonds. The molecule has 1 unspecified atom stereocenters. The second kappa shape index (κ2) is 14.4. The fraction of sp³-hybridized carbons (Fsp3) is 0.243. The highest BCUT2D eigenvalue weighted by atomic mass is 35.5. The summed E-state index contributed by atoms with van der Waals surface area (Å²) in [5.74, 6) is -2.15. The van der Waals surface area contributed by atoms with Gasteiger partial charge in [0.2, 0.25) is 0 Å². The van der Waals surface area contributed by atoms with Gasteiger partial charge in [0.15, 0.2) is 5.76 Å². The molecule has 0 saturated carbocycles. The molecule has 2 N–H and O–H groups in total. The number of nitrogens with one attached hydrogen (secondary N) is 1. The quantitative estimate of drug-likeness (QED) is 0.110. The average molecular weight is 729 g/mol. The van der Waals surface area contributed by atoms with Gasteiger partial charge in [0.1, 0.15) is 5.82 Å². The smallest absolute Gasteiger partial charge is 0.356 e. The molecule has 0 saturated heterocycles. The van der Waals surface area contributed by atoms with Crippen molar-refractivity contribution in [3.63, 3.8) is 0 Å². The minimum absolute atomic E-state index is 0.0612. The Morgan fingerprint density at radius 1 is 0.900 bits per heavy atom. The monoisotopic (exact) mass is 728 g/mol. The summed E-state index contributed by atoms with van der Waals surface area (Å²) in [7, 11) is -4.21. The standard InChI is InChI=1S/C37H33ClF4N2O5S/c1-36(2,3)27-10-8-23(9-11-27)31(16-22-4-6-24(7-5-22)35(45)43-14-15-50(46,47)48)33-21-34(49-44-33)26-17-25(18-29(38)19-26)30-13-12-28(20-32(30)39)37(40,41)42/h4-13,17-21,31H,14-16H2,1-3H3,(H,43,45)(H,46,47,48). The number of benzene rings is 4. The fourth-order valence-corrected chi connectivity index (χ4v) is 6.03. The SMILES string of the molecule is CC(C)(C)c1ccc(C(Cc2ccc(C(=O)NCCS(=O)(=O)O)cc2)c2cc(-c3cc(Cl)cc(-c4ccc(C(F)(F)F)cc4F)c3)on2)cc1. The van der Waals surface area contributed by atoms with Crippen LogP contribution in [0.5, 0.6) is 0 Å². The number of carbonyl (C=O) groups is 1. The van der Waals surface area contributed by atoms with E-state index in [1.54, 1.807) is 42.5 Å². The van der Waals surface area contributed by atoms with Gasteiger partial charge in [-0.1, -0.05) is 80.0 Å². The molecular formula is C37H33ClF4N2O5S. The molecule has 0 fully saturated rings. The van der Waals surface area contributed by atoms with E-state index in [4.69, 9.17) is 20.7 Å². The molecule has 0 spiro atoms. The van der Waals surface area contributed by atoms with Gasteiger partial charge in [0.05, 0.1) is 17.0 Å². The van der Waals surface area contributed by atoms with E-state index in [1.807, 2.05) is 24.3 Å². The third-order valence-corrected chi connectivity index (χ3v) is 9.09. The van der Waals surface area contributed by atoms with E-state index < -0.39 is 39.3 Å². The molecule has 0 bridgehead atoms. The second-order valence-electron chi connectivity index (χ2n) is 12.9. The van der Waals surface area contributed by atoms with Crippen LogP contribution >= 0.6 is 11.6 Å². The van der Waals surface area contributed by atoms with Gasteiger partial charge in [0.25, 0.3) is 16.0 Å². The summed E-state index contributed by atoms with van der Waals surface area (Å²) in [6, 6.07) is 23.5. The maximum absolute atomic E-state index is 14.9. The molecule has 50 heavy (non-hydrogen) atoms. The highest BCUT2D eigenvalue weighted by Gasteiger charge is 2.31. The molecule has 7 nitrogen and oxygen atoms in total. The van der Waals surface area contributed by atoms with E-state index in [0.717, 1.165) is 28.8 Å². The number of nitrogens with zero attached hydrogens (tertiary/aromatic N) is 1. The molecule has 13 heteroatoms. The number of rotatable bonds is 10. The van der Waals surface area contributed by atoms with Crippen molar-refractivity contribution in [3.05, 3.63) is 135 Å². The van der Waals surface area contributed by atoms with Crippen LogP contribution in [0.25, 0.3) is 22.5 Å². The van der Waals surface area contributed by atoms with Crippen LogP contribution in [0.1, 0.15) is 65.0 Å². The van der Waals surface area contributed by atoms with E-state index in [0.29, 0.717) is 35.1 Å². The number of carbonyl (C=O) groups excluding carboxylic acids is 1. The van der Waals surface area contributed by atoms with E-state index in [-0.39, 0.29) is 34.0 Å². The summed E-state index contributed by atoms with van der Waals surface area (Å²) in [6.07, 6.45) is -4.24. The predicted octanol–water partition coefficient (Wildman–Crippen LogP) is 9.11. The van der Waals surface area contributed by atoms with E-state index >= 15 is 0 Å². The van der Waals surface area contributed by atoms with Crippen LogP contribution in [0.3, 0.4) is 0 Å². The van der Waals surface area contributed by atoms with Gasteiger partial charge in [0, 0.05) is 40.2 Å². The summed E-state index contributed by atoms with van der Waals surface area (Å²) < 4.78 is 90.8. The Morgan fingerprint density at radius 3 is 2.14 bits per heavy atom. The van der Waals surface area contributed by atoms with Crippen LogP contribution in [0.4, 0.5) is 17.6 Å². The molecule has 0 aliphatic heterocycles. The summed E-state index contributed by atoms with van der Waals surface area (Å²) in [6.45, 7) is 6.09. The molecule has 0 aliphatic carbocycles. The Bertz CT molecular complexity index is 2110. The third-order valence-electron chi connectivity index (χ3n) is 8.16. The van der Waals surface area contributed by atoms with Crippen LogP contribution in [0.2, 0.25) is 5.02 Å². The first-order valence-corrected chi connectivity index (χ1v) is 17.4. The first kappa shape index (κ1) is 36.8. The predicted molar refractivity (Wildman–Crippen MR) is 183 cm³/mol. The number of hydrogen-bond acceptors (Lipinski definition) is 5. The van der Waals surface area contributed by atoms with Crippen molar-refractivity contribution in [2.24, 2.45) is 0 Å². The van der Waals surface area contributed by atoms with Crippen molar-refractivity contribution < 1.29 is 39.8 Å². The number of halogens is 5. The van der Waals surface area contributed by atoms with Crippen LogP contribution in [0, 0.1) is 5.82 Å². The van der Waals surface area contributed by atoms with Crippen LogP contribution in [0.15, 0.2) is 95.5 Å². The Morgan fingerprint density at radius 2 is 1.54 bits per heavy atom. The Labute approximate surface area is 292 Å². The van der Waals surface area contributed by atoms with Gasteiger partial charge >= 0.3 is 6.18 Å². The van der Waals surface area contributed by atoms with Gasteiger partial charge in [-0.15, -0.1) is 0 Å². The molecule has 0 radical (unpaired) electrons. The van der Waals surface area contributed by atoms with Gasteiger partial charge in [-0.2, -0.15) is 21.6 Å². The van der Waals surface area contributed by atoms with E-state index in [9.17, 15) is 30.8 Å². The first-order valence-electron chi connectivity index (χ1n) is 15.4. The Hall–Kier alpha value is -4.52. The molecule has 5 rings (SSSR count). The van der Waals surface area contributed by atoms with Crippen molar-refractivity contribution in [2.45, 2.75) is 44.7 Å². The molecule has 4 aromatic carbocycles. The molecule has 1 aromatic heterocycles. The Balaban J connectivity index is 1.45. The third kappa shape index (κ3) is 9.17. The van der Waals surface area contributed by atoms with Crippen molar-refractivity contribution in [2.75, 3.05) is 12.3 Å². The van der Waals surface area contributed by atoms with Crippen LogP contribution < -0.4 is 5.32 Å². The van der Waals surface area contributed by atoms with Crippen LogP contribution in [-0.4, -0.2) is 36.3 Å². The lowest BCUT2D eigenvalue weighted by Gasteiger charge is -2.21. The van der Waals surface area contributed by atoms with Crippen molar-refractivity contribution in [3.8, 4) is 22.5 Å². The van der Waals surface area contributed by atoms with Crippen LogP contribution in [-0.2, 0) is 28.1 Å². The van der Waals surface area contributed by atoms with Gasteiger partial charge in [-0.25, -0.2) is 4.39 Å². The highest BCUT2D eigenvalue weighted by Crippen LogP contribution is 2.37. The topological polar surface area (TPSA) is 110 Å². The maximum Gasteiger partial charge on any atom is 0.416 e. The number of aromatic nitrogens is 1. The minimum Gasteiger partial charge on any atom is -0.356 e. The van der Waals surface area contributed by atoms with Gasteiger partial charge in [-0.3, -0.25) is 9.35 Å². The fourth-order valence-electron chi connectivity index (χ4n) is 5.43. The summed E-state index contributed by atoms with van der Waals surface area (Å²) in [5.41, 5.74) is 3.25. The molecule has 1 heterocycles. The zero-order chi connectivity index (χ0) is 36.4. The largest absolute Gasteiger partial charge is 0.416 e. The van der Waals surface area contributed by atoms with Crippen molar-refractivity contribution in [1.29, 1.82) is 0 Å². The number of amides is 1. The zero-order valence-electron chi connectivity index (χ0n) is 27.2. The average Bonchev–Trinajstić information content (AvgIpc) is 3.52. The number of alkyl halides is 3. The highest BCUT2D eigenvalue weighted by molar-refractivity contribution is 7.85. The molecule has 0 aliphatic rings. The van der Waals surface area contributed by atoms with Crippen molar-refractivity contribution in [1.82, 2.24) is 10.5 Å².